The van der Waals surface area contributed by atoms with Crippen LogP contribution in [0.3, 0.4) is 0 Å². The first-order chi connectivity index (χ1) is 7.54. The van der Waals surface area contributed by atoms with Gasteiger partial charge in [0.25, 0.3) is 0 Å². The molecule has 1 rings (SSSR count). The summed E-state index contributed by atoms with van der Waals surface area (Å²) in [6.07, 6.45) is -0.568. The van der Waals surface area contributed by atoms with Crippen molar-refractivity contribution in [1.29, 1.82) is 0 Å². The molecule has 1 aromatic carbocycles. The number of esters is 1. The maximum atomic E-state index is 11.4. The van der Waals surface area contributed by atoms with Gasteiger partial charge in [0.15, 0.2) is 6.10 Å². The van der Waals surface area contributed by atoms with Crippen LogP contribution in [0.25, 0.3) is 0 Å². The van der Waals surface area contributed by atoms with E-state index in [0.29, 0.717) is 6.61 Å². The molecule has 0 saturated carbocycles. The fourth-order valence-corrected chi connectivity index (χ4v) is 1.43. The van der Waals surface area contributed by atoms with Crippen molar-refractivity contribution in [1.82, 2.24) is 0 Å². The minimum atomic E-state index is -0.568. The maximum Gasteiger partial charge on any atom is 0.347 e. The fraction of sp³-hybridized carbons (Fsp3) is 0.462. The molecule has 0 bridgehead atoms. The zero-order chi connectivity index (χ0) is 12.1. The number of carbonyl (C=O) groups excluding carboxylic acids is 1. The van der Waals surface area contributed by atoms with Gasteiger partial charge in [-0.05, 0) is 39.3 Å². The van der Waals surface area contributed by atoms with Crippen molar-refractivity contribution in [3.63, 3.8) is 0 Å². The van der Waals surface area contributed by atoms with Crippen molar-refractivity contribution in [2.45, 2.75) is 33.8 Å². The molecule has 88 valence electrons. The Morgan fingerprint density at radius 2 is 2.06 bits per heavy atom. The molecule has 0 aromatic heterocycles. The van der Waals surface area contributed by atoms with Crippen molar-refractivity contribution in [2.75, 3.05) is 6.61 Å². The fourth-order valence-electron chi connectivity index (χ4n) is 1.43. The Morgan fingerprint density at radius 3 is 2.62 bits per heavy atom. The molecule has 0 radical (unpaired) electrons. The quantitative estimate of drug-likeness (QED) is 0.735. The second-order valence-electron chi connectivity index (χ2n) is 3.78. The lowest BCUT2D eigenvalue weighted by Crippen LogP contribution is -2.26. The van der Waals surface area contributed by atoms with Gasteiger partial charge >= 0.3 is 5.97 Å². The molecule has 1 atom stereocenters. The maximum absolute atomic E-state index is 11.4. The first kappa shape index (κ1) is 12.6. The molecule has 0 aliphatic carbocycles. The largest absolute Gasteiger partial charge is 0.479 e. The Kier molecular flexibility index (Phi) is 4.35. The molecule has 0 aliphatic heterocycles. The second-order valence-corrected chi connectivity index (χ2v) is 3.78. The molecule has 0 fully saturated rings. The van der Waals surface area contributed by atoms with E-state index in [2.05, 4.69) is 0 Å². The third-order valence-electron chi connectivity index (χ3n) is 2.25. The number of ether oxygens (including phenoxy) is 2. The van der Waals surface area contributed by atoms with Crippen molar-refractivity contribution in [2.24, 2.45) is 0 Å². The molecule has 3 heteroatoms. The molecule has 0 spiro atoms. The summed E-state index contributed by atoms with van der Waals surface area (Å²) in [6, 6.07) is 5.85. The van der Waals surface area contributed by atoms with Gasteiger partial charge in [-0.1, -0.05) is 17.7 Å². The van der Waals surface area contributed by atoms with Crippen LogP contribution in [-0.2, 0) is 9.53 Å². The van der Waals surface area contributed by atoms with E-state index in [9.17, 15) is 4.79 Å². The zero-order valence-electron chi connectivity index (χ0n) is 10.2. The summed E-state index contributed by atoms with van der Waals surface area (Å²) < 4.78 is 10.4. The molecular formula is C13H18O3. The predicted molar refractivity (Wildman–Crippen MR) is 62.6 cm³/mol. The van der Waals surface area contributed by atoms with E-state index in [4.69, 9.17) is 9.47 Å². The highest BCUT2D eigenvalue weighted by atomic mass is 16.6. The highest BCUT2D eigenvalue weighted by Crippen LogP contribution is 2.20. The number of benzene rings is 1. The third-order valence-corrected chi connectivity index (χ3v) is 2.25. The van der Waals surface area contributed by atoms with Crippen LogP contribution in [0, 0.1) is 13.8 Å². The smallest absolute Gasteiger partial charge is 0.347 e. The Bertz CT molecular complexity index is 371. The summed E-state index contributed by atoms with van der Waals surface area (Å²) in [4.78, 5) is 11.4. The van der Waals surface area contributed by atoms with E-state index >= 15 is 0 Å². The van der Waals surface area contributed by atoms with Gasteiger partial charge < -0.3 is 9.47 Å². The Morgan fingerprint density at radius 1 is 1.38 bits per heavy atom. The standard InChI is InChI=1S/C13H18O3/c1-5-15-13(14)11(4)16-12-7-6-9(2)8-10(12)3/h6-8,11H,5H2,1-4H3/t11-/m1/s1. The predicted octanol–water partition coefficient (Wildman–Crippen LogP) is 2.63. The topological polar surface area (TPSA) is 35.5 Å². The molecule has 0 unspecified atom stereocenters. The van der Waals surface area contributed by atoms with Crippen molar-refractivity contribution in [3.8, 4) is 5.75 Å². The number of rotatable bonds is 4. The molecule has 0 N–H and O–H groups in total. The summed E-state index contributed by atoms with van der Waals surface area (Å²) in [5.41, 5.74) is 2.20. The van der Waals surface area contributed by atoms with Crippen molar-refractivity contribution < 1.29 is 14.3 Å². The summed E-state index contributed by atoms with van der Waals surface area (Å²) in [7, 11) is 0. The number of hydrogen-bond acceptors (Lipinski definition) is 3. The average molecular weight is 222 g/mol. The highest BCUT2D eigenvalue weighted by molar-refractivity contribution is 5.74. The first-order valence-corrected chi connectivity index (χ1v) is 5.45. The lowest BCUT2D eigenvalue weighted by atomic mass is 10.1. The molecule has 0 amide bonds. The second kappa shape index (κ2) is 5.54. The Balaban J connectivity index is 2.69. The minimum Gasteiger partial charge on any atom is -0.479 e. The van der Waals surface area contributed by atoms with E-state index in [0.717, 1.165) is 11.3 Å². The Hall–Kier alpha value is -1.51. The van der Waals surface area contributed by atoms with Crippen molar-refractivity contribution in [3.05, 3.63) is 29.3 Å². The van der Waals surface area contributed by atoms with Gasteiger partial charge in [-0.2, -0.15) is 0 Å². The average Bonchev–Trinajstić information content (AvgIpc) is 2.22. The van der Waals surface area contributed by atoms with Crippen LogP contribution >= 0.6 is 0 Å². The highest BCUT2D eigenvalue weighted by Gasteiger charge is 2.16. The third kappa shape index (κ3) is 3.26. The van der Waals surface area contributed by atoms with Crippen LogP contribution < -0.4 is 4.74 Å². The first-order valence-electron chi connectivity index (χ1n) is 5.45. The molecule has 0 heterocycles. The number of carbonyl (C=O) groups is 1. The van der Waals surface area contributed by atoms with Gasteiger partial charge in [0, 0.05) is 0 Å². The van der Waals surface area contributed by atoms with E-state index in [1.165, 1.54) is 5.56 Å². The molecule has 3 nitrogen and oxygen atoms in total. The molecule has 1 aromatic rings. The lowest BCUT2D eigenvalue weighted by molar-refractivity contribution is -0.150. The lowest BCUT2D eigenvalue weighted by Gasteiger charge is -2.15. The Labute approximate surface area is 96.4 Å². The van der Waals surface area contributed by atoms with Gasteiger partial charge in [0.1, 0.15) is 5.75 Å². The molecule has 16 heavy (non-hydrogen) atoms. The van der Waals surface area contributed by atoms with E-state index in [1.54, 1.807) is 13.8 Å². The monoisotopic (exact) mass is 222 g/mol. The number of hydrogen-bond donors (Lipinski definition) is 0. The molecule has 0 saturated heterocycles. The van der Waals surface area contributed by atoms with E-state index < -0.39 is 6.10 Å². The SMILES string of the molecule is CCOC(=O)[C@@H](C)Oc1ccc(C)cc1C. The van der Waals surface area contributed by atoms with Crippen LogP contribution in [0.15, 0.2) is 18.2 Å². The van der Waals surface area contributed by atoms with Crippen LogP contribution in [0.2, 0.25) is 0 Å². The van der Waals surface area contributed by atoms with Crippen LogP contribution in [0.5, 0.6) is 5.75 Å². The zero-order valence-corrected chi connectivity index (χ0v) is 10.2. The van der Waals surface area contributed by atoms with Crippen LogP contribution in [-0.4, -0.2) is 18.7 Å². The van der Waals surface area contributed by atoms with Gasteiger partial charge in [-0.3, -0.25) is 0 Å². The van der Waals surface area contributed by atoms with Gasteiger partial charge in [0.05, 0.1) is 6.61 Å². The summed E-state index contributed by atoms with van der Waals surface area (Å²) >= 11 is 0. The van der Waals surface area contributed by atoms with Gasteiger partial charge in [-0.25, -0.2) is 4.79 Å². The van der Waals surface area contributed by atoms with E-state index in [1.807, 2.05) is 32.0 Å². The normalized spacial score (nSPS) is 12.0. The van der Waals surface area contributed by atoms with Crippen LogP contribution in [0.1, 0.15) is 25.0 Å². The summed E-state index contributed by atoms with van der Waals surface area (Å²) in [5.74, 6) is 0.397. The van der Waals surface area contributed by atoms with E-state index in [-0.39, 0.29) is 5.97 Å². The molecule has 0 aliphatic rings. The minimum absolute atomic E-state index is 0.331. The van der Waals surface area contributed by atoms with Crippen molar-refractivity contribution >= 4 is 5.97 Å². The molecular weight excluding hydrogens is 204 g/mol. The van der Waals surface area contributed by atoms with Gasteiger partial charge in [-0.15, -0.1) is 0 Å². The summed E-state index contributed by atoms with van der Waals surface area (Å²) in [5, 5.41) is 0. The van der Waals surface area contributed by atoms with Gasteiger partial charge in [0.2, 0.25) is 0 Å². The summed E-state index contributed by atoms with van der Waals surface area (Å²) in [6.45, 7) is 7.82. The number of aryl methyl sites for hydroxylation is 2. The van der Waals surface area contributed by atoms with Crippen LogP contribution in [0.4, 0.5) is 0 Å².